The van der Waals surface area contributed by atoms with Gasteiger partial charge in [0.25, 0.3) is 0 Å². The largest absolute Gasteiger partial charge is 0.495 e. The number of aromatic nitrogens is 2. The molecular weight excluding hydrogens is 280 g/mol. The fraction of sp³-hybridized carbons (Fsp3) is 0.231. The lowest BCUT2D eigenvalue weighted by Crippen LogP contribution is -2.01. The molecule has 0 atom stereocenters. The van der Waals surface area contributed by atoms with E-state index in [9.17, 15) is 13.2 Å². The van der Waals surface area contributed by atoms with Crippen molar-refractivity contribution >= 4 is 16.1 Å². The van der Waals surface area contributed by atoms with Gasteiger partial charge in [0.15, 0.2) is 16.1 Å². The Morgan fingerprint density at radius 2 is 2.05 bits per heavy atom. The normalized spacial score (nSPS) is 11.3. The minimum Gasteiger partial charge on any atom is -0.495 e. The summed E-state index contributed by atoms with van der Waals surface area (Å²) in [5.41, 5.74) is 1.54. The van der Waals surface area contributed by atoms with Crippen LogP contribution >= 0.6 is 0 Å². The summed E-state index contributed by atoms with van der Waals surface area (Å²) in [6.45, 7) is 0. The Morgan fingerprint density at radius 1 is 1.35 bits per heavy atom. The van der Waals surface area contributed by atoms with Gasteiger partial charge in [0, 0.05) is 25.1 Å². The Labute approximate surface area is 116 Å². The number of carbonyl (C=O) groups excluding carboxylic acids is 1. The molecule has 1 aromatic carbocycles. The number of nitrogens with zero attached hydrogens (tertiary/aromatic N) is 2. The first-order valence-electron chi connectivity index (χ1n) is 5.74. The first-order chi connectivity index (χ1) is 9.36. The highest BCUT2D eigenvalue weighted by atomic mass is 32.2. The van der Waals surface area contributed by atoms with Gasteiger partial charge in [0.05, 0.1) is 12.7 Å². The van der Waals surface area contributed by atoms with Crippen LogP contribution in [0.5, 0.6) is 5.75 Å². The van der Waals surface area contributed by atoms with Gasteiger partial charge in [-0.3, -0.25) is 9.48 Å². The van der Waals surface area contributed by atoms with Crippen LogP contribution in [-0.2, 0) is 16.9 Å². The monoisotopic (exact) mass is 294 g/mol. The standard InChI is InChI=1S/C13H14N2O4S/c1-15-7-10(8-16)13(14-15)9-4-5-12(20(3,17)18)11(6-9)19-2/h4-8H,1-3H3. The number of benzene rings is 1. The Bertz CT molecular complexity index is 763. The summed E-state index contributed by atoms with van der Waals surface area (Å²) in [6, 6.07) is 4.62. The molecule has 106 valence electrons. The molecule has 1 aromatic heterocycles. The van der Waals surface area contributed by atoms with Crippen molar-refractivity contribution in [2.24, 2.45) is 7.05 Å². The number of rotatable bonds is 4. The number of carbonyl (C=O) groups is 1. The van der Waals surface area contributed by atoms with Gasteiger partial charge in [-0.15, -0.1) is 0 Å². The van der Waals surface area contributed by atoms with Gasteiger partial charge >= 0.3 is 0 Å². The van der Waals surface area contributed by atoms with Gasteiger partial charge in [0.2, 0.25) is 0 Å². The lowest BCUT2D eigenvalue weighted by Gasteiger charge is -2.08. The van der Waals surface area contributed by atoms with Crippen molar-refractivity contribution in [2.45, 2.75) is 4.90 Å². The second-order valence-electron chi connectivity index (χ2n) is 4.36. The van der Waals surface area contributed by atoms with Gasteiger partial charge in [-0.1, -0.05) is 6.07 Å². The Hall–Kier alpha value is -2.15. The number of methoxy groups -OCH3 is 1. The number of sulfone groups is 1. The summed E-state index contributed by atoms with van der Waals surface area (Å²) >= 11 is 0. The van der Waals surface area contributed by atoms with Crippen LogP contribution in [0.15, 0.2) is 29.3 Å². The smallest absolute Gasteiger partial charge is 0.179 e. The van der Waals surface area contributed by atoms with Crippen molar-refractivity contribution in [3.63, 3.8) is 0 Å². The molecule has 0 aliphatic carbocycles. The third-order valence-corrected chi connectivity index (χ3v) is 3.96. The Morgan fingerprint density at radius 3 is 2.60 bits per heavy atom. The summed E-state index contributed by atoms with van der Waals surface area (Å²) in [5, 5.41) is 4.20. The van der Waals surface area contributed by atoms with Crippen LogP contribution in [0, 0.1) is 0 Å². The van der Waals surface area contributed by atoms with E-state index >= 15 is 0 Å². The van der Waals surface area contributed by atoms with Crippen LogP contribution in [0.1, 0.15) is 10.4 Å². The predicted octanol–water partition coefficient (Wildman–Crippen LogP) is 1.31. The number of aldehydes is 1. The number of hydrogen-bond acceptors (Lipinski definition) is 5. The zero-order chi connectivity index (χ0) is 14.9. The van der Waals surface area contributed by atoms with Gasteiger partial charge in [-0.2, -0.15) is 5.10 Å². The molecule has 1 heterocycles. The van der Waals surface area contributed by atoms with Crippen molar-refractivity contribution < 1.29 is 17.9 Å². The minimum atomic E-state index is -3.38. The topological polar surface area (TPSA) is 78.3 Å². The average Bonchev–Trinajstić information content (AvgIpc) is 2.78. The van der Waals surface area contributed by atoms with Crippen LogP contribution in [0.3, 0.4) is 0 Å². The fourth-order valence-electron chi connectivity index (χ4n) is 1.94. The van der Waals surface area contributed by atoms with E-state index in [4.69, 9.17) is 4.74 Å². The van der Waals surface area contributed by atoms with Crippen LogP contribution < -0.4 is 4.74 Å². The van der Waals surface area contributed by atoms with E-state index in [1.165, 1.54) is 17.9 Å². The summed E-state index contributed by atoms with van der Waals surface area (Å²) in [7, 11) is -0.273. The lowest BCUT2D eigenvalue weighted by atomic mass is 10.1. The Kier molecular flexibility index (Phi) is 3.63. The molecule has 0 aliphatic rings. The van der Waals surface area contributed by atoms with E-state index in [1.54, 1.807) is 25.4 Å². The molecular formula is C13H14N2O4S. The first-order valence-corrected chi connectivity index (χ1v) is 7.63. The SMILES string of the molecule is COc1cc(-c2nn(C)cc2C=O)ccc1S(C)(=O)=O. The minimum absolute atomic E-state index is 0.104. The van der Waals surface area contributed by atoms with Crippen molar-refractivity contribution in [1.29, 1.82) is 0 Å². The van der Waals surface area contributed by atoms with Crippen molar-refractivity contribution in [1.82, 2.24) is 9.78 Å². The zero-order valence-corrected chi connectivity index (χ0v) is 12.1. The summed E-state index contributed by atoms with van der Waals surface area (Å²) in [4.78, 5) is 11.1. The summed E-state index contributed by atoms with van der Waals surface area (Å²) in [6.07, 6.45) is 3.42. The predicted molar refractivity (Wildman–Crippen MR) is 73.7 cm³/mol. The molecule has 0 amide bonds. The molecule has 2 aromatic rings. The molecule has 0 saturated carbocycles. The maximum Gasteiger partial charge on any atom is 0.179 e. The molecule has 0 bridgehead atoms. The summed E-state index contributed by atoms with van der Waals surface area (Å²) < 4.78 is 29.9. The quantitative estimate of drug-likeness (QED) is 0.794. The van der Waals surface area contributed by atoms with E-state index in [2.05, 4.69) is 5.10 Å². The molecule has 7 heteroatoms. The van der Waals surface area contributed by atoms with Gasteiger partial charge in [-0.05, 0) is 12.1 Å². The van der Waals surface area contributed by atoms with Crippen LogP contribution in [0.4, 0.5) is 0 Å². The van der Waals surface area contributed by atoms with Crippen molar-refractivity contribution in [2.75, 3.05) is 13.4 Å². The third-order valence-electron chi connectivity index (χ3n) is 2.82. The van der Waals surface area contributed by atoms with Crippen molar-refractivity contribution in [3.8, 4) is 17.0 Å². The van der Waals surface area contributed by atoms with Crippen molar-refractivity contribution in [3.05, 3.63) is 30.0 Å². The fourth-order valence-corrected chi connectivity index (χ4v) is 2.76. The molecule has 0 fully saturated rings. The first kappa shape index (κ1) is 14.3. The molecule has 0 saturated heterocycles. The molecule has 0 unspecified atom stereocenters. The maximum atomic E-state index is 11.6. The second kappa shape index (κ2) is 5.09. The van der Waals surface area contributed by atoms with E-state index in [1.807, 2.05) is 0 Å². The lowest BCUT2D eigenvalue weighted by molar-refractivity contribution is 0.112. The van der Waals surface area contributed by atoms with E-state index in [0.717, 1.165) is 6.26 Å². The Balaban J connectivity index is 2.63. The van der Waals surface area contributed by atoms with Crippen LogP contribution in [0.2, 0.25) is 0 Å². The molecule has 2 rings (SSSR count). The number of aryl methyl sites for hydroxylation is 1. The maximum absolute atomic E-state index is 11.6. The third kappa shape index (κ3) is 2.57. The average molecular weight is 294 g/mol. The molecule has 6 nitrogen and oxygen atoms in total. The molecule has 0 radical (unpaired) electrons. The van der Waals surface area contributed by atoms with E-state index in [-0.39, 0.29) is 10.6 Å². The highest BCUT2D eigenvalue weighted by Gasteiger charge is 2.17. The highest BCUT2D eigenvalue weighted by molar-refractivity contribution is 7.90. The van der Waals surface area contributed by atoms with Gasteiger partial charge in [0.1, 0.15) is 16.3 Å². The zero-order valence-electron chi connectivity index (χ0n) is 11.3. The molecule has 0 spiro atoms. The number of ether oxygens (including phenoxy) is 1. The van der Waals surface area contributed by atoms with Gasteiger partial charge < -0.3 is 4.74 Å². The van der Waals surface area contributed by atoms with Gasteiger partial charge in [-0.25, -0.2) is 8.42 Å². The molecule has 0 N–H and O–H groups in total. The highest BCUT2D eigenvalue weighted by Crippen LogP contribution is 2.30. The van der Waals surface area contributed by atoms with E-state index in [0.29, 0.717) is 23.1 Å². The van der Waals surface area contributed by atoms with Crippen LogP contribution in [0.25, 0.3) is 11.3 Å². The number of hydrogen-bond donors (Lipinski definition) is 0. The van der Waals surface area contributed by atoms with Crippen LogP contribution in [-0.4, -0.2) is 37.9 Å². The molecule has 20 heavy (non-hydrogen) atoms. The summed E-state index contributed by atoms with van der Waals surface area (Å²) in [5.74, 6) is 0.229. The van der Waals surface area contributed by atoms with E-state index < -0.39 is 9.84 Å². The molecule has 0 aliphatic heterocycles. The second-order valence-corrected chi connectivity index (χ2v) is 6.35.